The molecule has 91 heavy (non-hydrogen) atoms. The first-order valence-electron chi connectivity index (χ1n) is 31.6. The Balaban J connectivity index is 1.13. The topological polar surface area (TPSA) is 36.9 Å². The minimum Gasteiger partial charge on any atom is -0.358 e. The molecule has 0 bridgehead atoms. The smallest absolute Gasteiger partial charge is 0.223 e. The summed E-state index contributed by atoms with van der Waals surface area (Å²) >= 11 is 0. The van der Waals surface area contributed by atoms with Gasteiger partial charge in [0.15, 0.2) is 0 Å². The second-order valence-electron chi connectivity index (χ2n) is 24.2. The van der Waals surface area contributed by atoms with Crippen LogP contribution in [-0.4, -0.2) is 12.2 Å². The van der Waals surface area contributed by atoms with Gasteiger partial charge in [-0.1, -0.05) is 315 Å². The minimum atomic E-state index is -1.63. The normalized spacial score (nSPS) is 15.2. The minimum absolute atomic E-state index is 0.190. The van der Waals surface area contributed by atoms with E-state index in [0.717, 1.165) is 131 Å². The van der Waals surface area contributed by atoms with Gasteiger partial charge in [-0.3, -0.25) is 0 Å². The van der Waals surface area contributed by atoms with Gasteiger partial charge in [-0.2, -0.15) is 0 Å². The van der Waals surface area contributed by atoms with Crippen molar-refractivity contribution in [3.8, 4) is 0 Å². The Labute approximate surface area is 528 Å². The van der Waals surface area contributed by atoms with Crippen LogP contribution >= 0.6 is 0 Å². The van der Waals surface area contributed by atoms with E-state index in [1.807, 2.05) is 0 Å². The molecule has 16 aromatic carbocycles. The summed E-state index contributed by atoms with van der Waals surface area (Å²) < 4.78 is 35.1. The van der Waals surface area contributed by atoms with Crippen molar-refractivity contribution in [2.24, 2.45) is 0 Å². The van der Waals surface area contributed by atoms with Crippen molar-refractivity contribution in [3.05, 3.63) is 384 Å². The fourth-order valence-electron chi connectivity index (χ4n) is 15.2. The first kappa shape index (κ1) is 54.6. The Hall–Kier alpha value is -10.6. The molecule has 1 aliphatic rings. The Morgan fingerprint density at radius 1 is 0.242 bits per heavy atom. The van der Waals surface area contributed by atoms with Crippen molar-refractivity contribution >= 4 is 86.2 Å². The monoisotopic (exact) mass is 1170 g/mol. The van der Waals surface area contributed by atoms with Crippen molar-refractivity contribution in [2.75, 3.05) is 0 Å². The van der Waals surface area contributed by atoms with E-state index in [-0.39, 0.29) is 13.2 Å². The zero-order valence-electron chi connectivity index (χ0n) is 50.0. The van der Waals surface area contributed by atoms with E-state index in [2.05, 4.69) is 340 Å². The van der Waals surface area contributed by atoms with Gasteiger partial charge in [0.25, 0.3) is 0 Å². The van der Waals surface area contributed by atoms with E-state index in [0.29, 0.717) is 0 Å². The molecular weight excluding hydrogens is 1110 g/mol. The SMILES string of the molecule is c1ccc(COC(c2cc3ccccc3c3ccccc23)(c2cc3ccccc3c3ccccc23)C2OC(c3ccccc3)(c3ccccc3)OC2C(OCc2ccccc2)(c2cc3ccccc3c3ccccc23)c2cc3ccccc3c3ccccc23)cc1. The highest BCUT2D eigenvalue weighted by Crippen LogP contribution is 2.61. The lowest BCUT2D eigenvalue weighted by Gasteiger charge is -2.48. The second-order valence-corrected chi connectivity index (χ2v) is 24.2. The van der Waals surface area contributed by atoms with Gasteiger partial charge >= 0.3 is 0 Å². The molecule has 1 saturated heterocycles. The van der Waals surface area contributed by atoms with Crippen LogP contribution in [0.2, 0.25) is 0 Å². The third-order valence-corrected chi connectivity index (χ3v) is 19.3. The molecule has 0 spiro atoms. The summed E-state index contributed by atoms with van der Waals surface area (Å²) in [6.07, 6.45) is -2.23. The van der Waals surface area contributed by atoms with Crippen LogP contribution in [0.15, 0.2) is 340 Å². The summed E-state index contributed by atoms with van der Waals surface area (Å²) in [6, 6.07) is 122. The Bertz CT molecular complexity index is 4820. The predicted octanol–water partition coefficient (Wildman–Crippen LogP) is 21.2. The molecule has 1 fully saturated rings. The van der Waals surface area contributed by atoms with Crippen LogP contribution in [0.3, 0.4) is 0 Å². The molecule has 0 saturated carbocycles. The summed E-state index contributed by atoms with van der Waals surface area (Å²) in [5.41, 5.74) is 4.14. The number of ether oxygens (including phenoxy) is 4. The highest BCUT2D eigenvalue weighted by atomic mass is 16.8. The molecule has 0 aliphatic carbocycles. The second kappa shape index (κ2) is 22.5. The predicted molar refractivity (Wildman–Crippen MR) is 373 cm³/mol. The molecule has 17 rings (SSSR count). The van der Waals surface area contributed by atoms with Crippen LogP contribution in [0.4, 0.5) is 0 Å². The Kier molecular flexibility index (Phi) is 13.5. The highest BCUT2D eigenvalue weighted by molar-refractivity contribution is 6.14. The fraction of sp³-hybridized carbons (Fsp3) is 0.0805. The van der Waals surface area contributed by atoms with E-state index in [4.69, 9.17) is 18.9 Å². The summed E-state index contributed by atoms with van der Waals surface area (Å²) in [4.78, 5) is 0. The van der Waals surface area contributed by atoms with Crippen molar-refractivity contribution in [2.45, 2.75) is 42.4 Å². The van der Waals surface area contributed by atoms with Gasteiger partial charge in [0.2, 0.25) is 5.79 Å². The number of benzene rings is 16. The molecule has 2 unspecified atom stereocenters. The molecule has 4 nitrogen and oxygen atoms in total. The van der Waals surface area contributed by atoms with Crippen molar-refractivity contribution in [1.82, 2.24) is 0 Å². The molecule has 1 heterocycles. The first-order chi connectivity index (χ1) is 45.1. The molecule has 0 amide bonds. The van der Waals surface area contributed by atoms with Gasteiger partial charge in [-0.05, 0) is 144 Å². The van der Waals surface area contributed by atoms with Crippen molar-refractivity contribution in [1.29, 1.82) is 0 Å². The fourth-order valence-corrected chi connectivity index (χ4v) is 15.2. The van der Waals surface area contributed by atoms with Crippen LogP contribution in [0.1, 0.15) is 44.5 Å². The summed E-state index contributed by atoms with van der Waals surface area (Å²) in [7, 11) is 0. The maximum absolute atomic E-state index is 8.89. The van der Waals surface area contributed by atoms with E-state index >= 15 is 0 Å². The highest BCUT2D eigenvalue weighted by Gasteiger charge is 2.67. The van der Waals surface area contributed by atoms with Gasteiger partial charge in [0, 0.05) is 11.1 Å². The number of hydrogen-bond acceptors (Lipinski definition) is 4. The molecule has 0 radical (unpaired) electrons. The third kappa shape index (κ3) is 8.89. The number of rotatable bonds is 14. The van der Waals surface area contributed by atoms with Gasteiger partial charge in [-0.25, -0.2) is 0 Å². The molecule has 434 valence electrons. The molecule has 0 aromatic heterocycles. The van der Waals surface area contributed by atoms with Crippen LogP contribution < -0.4 is 0 Å². The van der Waals surface area contributed by atoms with Gasteiger partial charge in [0.05, 0.1) is 13.2 Å². The molecule has 16 aromatic rings. The molecular formula is C87H62O4. The van der Waals surface area contributed by atoms with E-state index in [1.54, 1.807) is 0 Å². The Morgan fingerprint density at radius 3 is 0.736 bits per heavy atom. The summed E-state index contributed by atoms with van der Waals surface area (Å²) in [6.45, 7) is 0.379. The lowest BCUT2D eigenvalue weighted by Crippen LogP contribution is -2.57. The molecule has 4 heteroatoms. The Morgan fingerprint density at radius 2 is 0.462 bits per heavy atom. The third-order valence-electron chi connectivity index (χ3n) is 19.3. The van der Waals surface area contributed by atoms with Crippen LogP contribution in [0.5, 0.6) is 0 Å². The van der Waals surface area contributed by atoms with Crippen LogP contribution in [0.25, 0.3) is 86.2 Å². The van der Waals surface area contributed by atoms with E-state index in [9.17, 15) is 0 Å². The largest absolute Gasteiger partial charge is 0.358 e. The average molecular weight is 1170 g/mol. The number of hydrogen-bond donors (Lipinski definition) is 0. The quantitative estimate of drug-likeness (QED) is 0.102. The lowest BCUT2D eigenvalue weighted by atomic mass is 9.68. The van der Waals surface area contributed by atoms with Crippen LogP contribution in [-0.2, 0) is 49.2 Å². The number of fused-ring (bicyclic) bond motifs is 12. The molecule has 1 aliphatic heterocycles. The van der Waals surface area contributed by atoms with E-state index in [1.165, 1.54) is 0 Å². The standard InChI is InChI=1S/C87H62O4/c1-5-29-59(30-6-1)57-88-85(79-53-61-33-13-17-41-67(61)71-45-21-25-49-75(71)79,80-54-62-34-14-18-42-68(62)72-46-22-26-50-76(72)80)83-84(91-87(90-83,65-37-9-3-10-38-65)66-39-11-4-12-40-66)86(89-58-60-31-7-2-8-32-60,81-55-63-35-15-19-43-69(63)73-47-23-27-51-77(73)81)82-56-64-36-16-20-44-70(64)74-48-24-28-52-78(74)82/h1-56,83-84H,57-58H2. The molecule has 2 atom stereocenters. The van der Waals surface area contributed by atoms with Crippen molar-refractivity contribution in [3.63, 3.8) is 0 Å². The van der Waals surface area contributed by atoms with Gasteiger partial charge < -0.3 is 18.9 Å². The maximum atomic E-state index is 8.89. The van der Waals surface area contributed by atoms with Gasteiger partial charge in [-0.15, -0.1) is 0 Å². The average Bonchev–Trinajstić information content (AvgIpc) is 1.66. The van der Waals surface area contributed by atoms with Crippen LogP contribution in [0, 0.1) is 0 Å². The zero-order chi connectivity index (χ0) is 60.4. The van der Waals surface area contributed by atoms with Gasteiger partial charge in [0.1, 0.15) is 23.4 Å². The summed E-state index contributed by atoms with van der Waals surface area (Å²) in [5, 5.41) is 17.3. The summed E-state index contributed by atoms with van der Waals surface area (Å²) in [5.74, 6) is -1.63. The lowest BCUT2D eigenvalue weighted by molar-refractivity contribution is -0.186. The zero-order valence-corrected chi connectivity index (χ0v) is 50.0. The maximum Gasteiger partial charge on any atom is 0.223 e. The molecule has 0 N–H and O–H groups in total. The van der Waals surface area contributed by atoms with Crippen molar-refractivity contribution < 1.29 is 18.9 Å². The van der Waals surface area contributed by atoms with E-state index < -0.39 is 29.2 Å². The first-order valence-corrected chi connectivity index (χ1v) is 31.6.